The van der Waals surface area contributed by atoms with E-state index in [0.717, 1.165) is 29.0 Å². The Kier molecular flexibility index (Phi) is 6.70. The fourth-order valence-electron chi connectivity index (χ4n) is 3.68. The molecule has 1 fully saturated rings. The number of rotatable bonds is 7. The van der Waals surface area contributed by atoms with Gasteiger partial charge in [0.1, 0.15) is 10.8 Å². The first-order chi connectivity index (χ1) is 15.0. The first-order valence-corrected chi connectivity index (χ1v) is 11.1. The lowest BCUT2D eigenvalue weighted by atomic mass is 9.82. The van der Waals surface area contributed by atoms with Crippen molar-refractivity contribution >= 4 is 17.2 Å². The number of aryl methyl sites for hydroxylation is 1. The molecule has 1 aliphatic rings. The number of amides is 1. The maximum atomic E-state index is 13.4. The lowest BCUT2D eigenvalue weighted by molar-refractivity contribution is 0.0357. The molecule has 2 heterocycles. The third-order valence-electron chi connectivity index (χ3n) is 5.56. The molecule has 162 valence electrons. The highest BCUT2D eigenvalue weighted by molar-refractivity contribution is 7.13. The van der Waals surface area contributed by atoms with E-state index in [1.165, 1.54) is 29.0 Å². The molecule has 0 saturated carbocycles. The summed E-state index contributed by atoms with van der Waals surface area (Å²) < 4.78 is 18.9. The number of benzene rings is 2. The van der Waals surface area contributed by atoms with Gasteiger partial charge >= 0.3 is 0 Å². The number of hydrogen-bond donors (Lipinski definition) is 2. The third kappa shape index (κ3) is 5.33. The first-order valence-electron chi connectivity index (χ1n) is 10.3. The number of carbonyl (C=O) groups is 1. The van der Waals surface area contributed by atoms with Crippen molar-refractivity contribution in [1.29, 1.82) is 0 Å². The van der Waals surface area contributed by atoms with Crippen molar-refractivity contribution in [3.63, 3.8) is 0 Å². The van der Waals surface area contributed by atoms with Gasteiger partial charge in [-0.1, -0.05) is 53.3 Å². The zero-order chi connectivity index (χ0) is 21.7. The Hall–Kier alpha value is -2.68. The Morgan fingerprint density at radius 2 is 1.77 bits per heavy atom. The molecule has 1 aliphatic heterocycles. The molecule has 0 spiro atoms. The van der Waals surface area contributed by atoms with Crippen molar-refractivity contribution in [3.05, 3.63) is 81.1 Å². The maximum absolute atomic E-state index is 13.4. The topological polar surface area (TPSA) is 76.1 Å². The van der Waals surface area contributed by atoms with Crippen LogP contribution in [-0.2, 0) is 23.4 Å². The van der Waals surface area contributed by atoms with Crippen LogP contribution < -0.4 is 10.6 Å². The van der Waals surface area contributed by atoms with Crippen LogP contribution in [0.5, 0.6) is 0 Å². The van der Waals surface area contributed by atoms with Crippen LogP contribution in [0.15, 0.2) is 48.5 Å². The summed E-state index contributed by atoms with van der Waals surface area (Å²) in [4.78, 5) is 12.4. The molecular weight excluding hydrogens is 415 g/mol. The van der Waals surface area contributed by atoms with Crippen LogP contribution in [0.4, 0.5) is 4.39 Å². The Balaban J connectivity index is 1.38. The minimum atomic E-state index is -0.314. The Labute approximate surface area is 184 Å². The average molecular weight is 441 g/mol. The van der Waals surface area contributed by atoms with E-state index >= 15 is 0 Å². The number of carbonyl (C=O) groups excluding carboxylic acids is 1. The molecule has 8 heteroatoms. The van der Waals surface area contributed by atoms with Crippen molar-refractivity contribution in [1.82, 2.24) is 20.8 Å². The van der Waals surface area contributed by atoms with Gasteiger partial charge in [0, 0.05) is 25.3 Å². The summed E-state index contributed by atoms with van der Waals surface area (Å²) in [6, 6.07) is 14.6. The number of nitrogens with zero attached hydrogens (tertiary/aromatic N) is 2. The molecule has 4 rings (SSSR count). The smallest absolute Gasteiger partial charge is 0.282 e. The van der Waals surface area contributed by atoms with Crippen LogP contribution >= 0.6 is 11.3 Å². The number of hydrogen-bond acceptors (Lipinski definition) is 6. The quantitative estimate of drug-likeness (QED) is 0.586. The van der Waals surface area contributed by atoms with Gasteiger partial charge in [0.05, 0.1) is 6.54 Å². The number of halogens is 1. The highest BCUT2D eigenvalue weighted by Gasteiger charge is 2.34. The second kappa shape index (κ2) is 9.64. The molecule has 0 aliphatic carbocycles. The van der Waals surface area contributed by atoms with Crippen LogP contribution in [-0.4, -0.2) is 29.3 Å². The number of ether oxygens (including phenoxy) is 1. The van der Waals surface area contributed by atoms with Gasteiger partial charge in [-0.05, 0) is 43.0 Å². The summed E-state index contributed by atoms with van der Waals surface area (Å²) in [7, 11) is 0. The molecule has 31 heavy (non-hydrogen) atoms. The van der Waals surface area contributed by atoms with Gasteiger partial charge in [0.15, 0.2) is 0 Å². The zero-order valence-electron chi connectivity index (χ0n) is 17.4. The van der Waals surface area contributed by atoms with E-state index in [-0.39, 0.29) is 17.3 Å². The standard InChI is InChI=1S/C23H25FN4O2S/c1-16-2-4-17(5-3-16)14-25-21(29)22-28-27-20(31-22)15-26-23(10-12-30-13-11-23)18-6-8-19(24)9-7-18/h2-9,26H,10-15H2,1H3,(H,25,29). The second-order valence-corrected chi connectivity index (χ2v) is 8.79. The molecule has 1 aromatic heterocycles. The Bertz CT molecular complexity index is 1010. The molecule has 3 aromatic rings. The zero-order valence-corrected chi connectivity index (χ0v) is 18.2. The molecule has 0 atom stereocenters. The van der Waals surface area contributed by atoms with Crippen LogP contribution in [0.25, 0.3) is 0 Å². The van der Waals surface area contributed by atoms with Gasteiger partial charge < -0.3 is 15.4 Å². The van der Waals surface area contributed by atoms with Gasteiger partial charge in [0.2, 0.25) is 5.01 Å². The highest BCUT2D eigenvalue weighted by atomic mass is 32.1. The van der Waals surface area contributed by atoms with Crippen molar-refractivity contribution in [2.45, 2.75) is 38.4 Å². The first kappa shape index (κ1) is 21.5. The average Bonchev–Trinajstić information content (AvgIpc) is 3.27. The summed E-state index contributed by atoms with van der Waals surface area (Å²) >= 11 is 1.28. The van der Waals surface area contributed by atoms with E-state index in [1.807, 2.05) is 43.3 Å². The van der Waals surface area contributed by atoms with Crippen molar-refractivity contribution in [3.8, 4) is 0 Å². The molecule has 1 amide bonds. The van der Waals surface area contributed by atoms with E-state index in [1.54, 1.807) is 0 Å². The summed E-state index contributed by atoms with van der Waals surface area (Å²) in [6.45, 7) is 4.21. The molecule has 6 nitrogen and oxygen atoms in total. The van der Waals surface area contributed by atoms with Gasteiger partial charge in [-0.15, -0.1) is 10.2 Å². The van der Waals surface area contributed by atoms with E-state index in [0.29, 0.717) is 31.3 Å². The van der Waals surface area contributed by atoms with Crippen LogP contribution in [0, 0.1) is 12.7 Å². The Morgan fingerprint density at radius 1 is 1.06 bits per heavy atom. The minimum absolute atomic E-state index is 0.233. The van der Waals surface area contributed by atoms with E-state index in [9.17, 15) is 9.18 Å². The summed E-state index contributed by atoms with van der Waals surface area (Å²) in [6.07, 6.45) is 1.56. The number of aromatic nitrogens is 2. The minimum Gasteiger partial charge on any atom is -0.381 e. The van der Waals surface area contributed by atoms with Crippen molar-refractivity contribution in [2.75, 3.05) is 13.2 Å². The fraction of sp³-hybridized carbons (Fsp3) is 0.348. The molecular formula is C23H25FN4O2S. The largest absolute Gasteiger partial charge is 0.381 e. The normalized spacial score (nSPS) is 15.5. The Morgan fingerprint density at radius 3 is 2.48 bits per heavy atom. The second-order valence-electron chi connectivity index (χ2n) is 7.72. The van der Waals surface area contributed by atoms with Gasteiger partial charge in [-0.2, -0.15) is 0 Å². The van der Waals surface area contributed by atoms with Crippen molar-refractivity contribution in [2.24, 2.45) is 0 Å². The predicted octanol–water partition coefficient (Wildman–Crippen LogP) is 3.71. The van der Waals surface area contributed by atoms with Crippen LogP contribution in [0.3, 0.4) is 0 Å². The fourth-order valence-corrected chi connectivity index (χ4v) is 4.38. The molecule has 0 bridgehead atoms. The van der Waals surface area contributed by atoms with E-state index < -0.39 is 0 Å². The van der Waals surface area contributed by atoms with Crippen LogP contribution in [0.2, 0.25) is 0 Å². The van der Waals surface area contributed by atoms with Gasteiger partial charge in [0.25, 0.3) is 5.91 Å². The summed E-state index contributed by atoms with van der Waals surface area (Å²) in [5.74, 6) is -0.486. The lowest BCUT2D eigenvalue weighted by Gasteiger charge is -2.38. The van der Waals surface area contributed by atoms with Crippen molar-refractivity contribution < 1.29 is 13.9 Å². The molecule has 1 saturated heterocycles. The van der Waals surface area contributed by atoms with Crippen LogP contribution in [0.1, 0.15) is 44.3 Å². The SMILES string of the molecule is Cc1ccc(CNC(=O)c2nnc(CNC3(c4ccc(F)cc4)CCOCC3)s2)cc1. The van der Waals surface area contributed by atoms with Gasteiger partial charge in [-0.3, -0.25) is 4.79 Å². The summed E-state index contributed by atoms with van der Waals surface area (Å²) in [5.41, 5.74) is 2.93. The molecule has 0 radical (unpaired) electrons. The summed E-state index contributed by atoms with van der Waals surface area (Å²) in [5, 5.41) is 15.8. The lowest BCUT2D eigenvalue weighted by Crippen LogP contribution is -2.46. The third-order valence-corrected chi connectivity index (χ3v) is 6.48. The van der Waals surface area contributed by atoms with E-state index in [2.05, 4.69) is 20.8 Å². The van der Waals surface area contributed by atoms with E-state index in [4.69, 9.17) is 4.74 Å². The molecule has 2 N–H and O–H groups in total. The highest BCUT2D eigenvalue weighted by Crippen LogP contribution is 2.33. The molecule has 2 aromatic carbocycles. The van der Waals surface area contributed by atoms with Gasteiger partial charge in [-0.25, -0.2) is 4.39 Å². The molecule has 0 unspecified atom stereocenters. The number of nitrogens with one attached hydrogen (secondary N) is 2. The predicted molar refractivity (Wildman–Crippen MR) is 117 cm³/mol. The maximum Gasteiger partial charge on any atom is 0.282 e. The monoisotopic (exact) mass is 440 g/mol.